The van der Waals surface area contributed by atoms with Crippen LogP contribution in [0, 0.1) is 6.92 Å². The van der Waals surface area contributed by atoms with Gasteiger partial charge in [0.15, 0.2) is 0 Å². The third-order valence-electron chi connectivity index (χ3n) is 5.16. The lowest BCUT2D eigenvalue weighted by atomic mass is 10.1. The van der Waals surface area contributed by atoms with Gasteiger partial charge in [-0.3, -0.25) is 9.69 Å². The second-order valence-corrected chi connectivity index (χ2v) is 7.27. The zero-order valence-electron chi connectivity index (χ0n) is 15.9. The number of hydrogen-bond acceptors (Lipinski definition) is 3. The van der Waals surface area contributed by atoms with E-state index in [0.29, 0.717) is 19.6 Å². The summed E-state index contributed by atoms with van der Waals surface area (Å²) in [5.74, 6) is 0. The number of aromatic nitrogens is 1. The summed E-state index contributed by atoms with van der Waals surface area (Å²) in [6.45, 7) is 5.41. The monoisotopic (exact) mass is 376 g/mol. The van der Waals surface area contributed by atoms with Crippen molar-refractivity contribution in [3.8, 4) is 0 Å². The van der Waals surface area contributed by atoms with Gasteiger partial charge < -0.3 is 15.2 Å². The molecule has 4 rings (SSSR count). The van der Waals surface area contributed by atoms with Crippen LogP contribution < -0.4 is 10.9 Å². The number of fused-ring (bicyclic) bond motifs is 1. The number of urea groups is 1. The molecule has 0 unspecified atom stereocenters. The smallest absolute Gasteiger partial charge is 0.321 e. The molecule has 2 aromatic carbocycles. The highest BCUT2D eigenvalue weighted by Gasteiger charge is 2.21. The number of H-pyrrole nitrogens is 1. The fourth-order valence-electron chi connectivity index (χ4n) is 3.56. The van der Waals surface area contributed by atoms with E-state index in [4.69, 9.17) is 0 Å². The van der Waals surface area contributed by atoms with Crippen molar-refractivity contribution >= 4 is 22.6 Å². The van der Waals surface area contributed by atoms with Gasteiger partial charge in [0.2, 0.25) is 0 Å². The van der Waals surface area contributed by atoms with E-state index in [2.05, 4.69) is 21.3 Å². The molecule has 0 atom stereocenters. The highest BCUT2D eigenvalue weighted by molar-refractivity contribution is 5.89. The van der Waals surface area contributed by atoms with Crippen molar-refractivity contribution < 1.29 is 4.79 Å². The van der Waals surface area contributed by atoms with E-state index in [1.54, 1.807) is 0 Å². The maximum atomic E-state index is 12.4. The van der Waals surface area contributed by atoms with E-state index in [-0.39, 0.29) is 11.6 Å². The van der Waals surface area contributed by atoms with Crippen LogP contribution in [0.2, 0.25) is 0 Å². The number of carbonyl (C=O) groups excluding carboxylic acids is 1. The molecule has 1 saturated heterocycles. The van der Waals surface area contributed by atoms with E-state index in [1.807, 2.05) is 60.4 Å². The van der Waals surface area contributed by atoms with Crippen LogP contribution in [0.15, 0.2) is 59.4 Å². The first kappa shape index (κ1) is 18.3. The second-order valence-electron chi connectivity index (χ2n) is 7.27. The summed E-state index contributed by atoms with van der Waals surface area (Å²) < 4.78 is 0. The molecule has 6 heteroatoms. The largest absolute Gasteiger partial charge is 0.322 e. The predicted molar refractivity (Wildman–Crippen MR) is 112 cm³/mol. The highest BCUT2D eigenvalue weighted by atomic mass is 16.2. The van der Waals surface area contributed by atoms with Crippen LogP contribution >= 0.6 is 0 Å². The molecule has 144 valence electrons. The maximum Gasteiger partial charge on any atom is 0.321 e. The van der Waals surface area contributed by atoms with Crippen molar-refractivity contribution in [1.29, 1.82) is 0 Å². The number of nitrogens with one attached hydrogen (secondary N) is 2. The Morgan fingerprint density at radius 3 is 2.54 bits per heavy atom. The topological polar surface area (TPSA) is 68.4 Å². The molecule has 2 amide bonds. The minimum atomic E-state index is -0.0788. The number of rotatable bonds is 3. The summed E-state index contributed by atoms with van der Waals surface area (Å²) in [5, 5.41) is 3.98. The molecule has 0 bridgehead atoms. The molecule has 1 aliphatic rings. The van der Waals surface area contributed by atoms with Crippen molar-refractivity contribution in [2.75, 3.05) is 31.5 Å². The molecule has 0 saturated carbocycles. The minimum absolute atomic E-state index is 0.0411. The Kier molecular flexibility index (Phi) is 5.12. The van der Waals surface area contributed by atoms with E-state index < -0.39 is 0 Å². The summed E-state index contributed by atoms with van der Waals surface area (Å²) in [5.41, 5.74) is 3.55. The van der Waals surface area contributed by atoms with Gasteiger partial charge in [-0.2, -0.15) is 0 Å². The summed E-state index contributed by atoms with van der Waals surface area (Å²) in [6.07, 6.45) is 0. The number of hydrogen-bond donors (Lipinski definition) is 2. The van der Waals surface area contributed by atoms with Gasteiger partial charge in [0.05, 0.1) is 0 Å². The second kappa shape index (κ2) is 7.86. The van der Waals surface area contributed by atoms with Crippen LogP contribution in [-0.2, 0) is 6.54 Å². The number of nitrogens with zero attached hydrogens (tertiary/aromatic N) is 2. The molecule has 1 fully saturated rings. The lowest BCUT2D eigenvalue weighted by Crippen LogP contribution is -2.49. The molecule has 1 aliphatic heterocycles. The Morgan fingerprint density at radius 1 is 1.04 bits per heavy atom. The van der Waals surface area contributed by atoms with Crippen LogP contribution in [0.4, 0.5) is 10.5 Å². The SMILES string of the molecule is Cc1ccc2[nH]c(=O)c(CN3CCN(C(=O)Nc4ccccc4)CC3)cc2c1. The van der Waals surface area contributed by atoms with Crippen LogP contribution in [-0.4, -0.2) is 47.0 Å². The fraction of sp³-hybridized carbons (Fsp3) is 0.273. The van der Waals surface area contributed by atoms with Crippen molar-refractivity contribution in [2.24, 2.45) is 0 Å². The van der Waals surface area contributed by atoms with Crippen molar-refractivity contribution in [2.45, 2.75) is 13.5 Å². The van der Waals surface area contributed by atoms with E-state index in [1.165, 1.54) is 5.56 Å². The number of carbonyl (C=O) groups is 1. The average molecular weight is 376 g/mol. The number of benzene rings is 2. The van der Waals surface area contributed by atoms with Crippen LogP contribution in [0.25, 0.3) is 10.9 Å². The number of piperazine rings is 1. The zero-order valence-corrected chi connectivity index (χ0v) is 15.9. The van der Waals surface area contributed by atoms with Crippen molar-refractivity contribution in [1.82, 2.24) is 14.8 Å². The van der Waals surface area contributed by atoms with Gasteiger partial charge >= 0.3 is 6.03 Å². The number of aryl methyl sites for hydroxylation is 1. The number of aromatic amines is 1. The quantitative estimate of drug-likeness (QED) is 0.738. The van der Waals surface area contributed by atoms with Gasteiger partial charge in [-0.25, -0.2) is 4.79 Å². The van der Waals surface area contributed by atoms with Gasteiger partial charge in [-0.15, -0.1) is 0 Å². The van der Waals surface area contributed by atoms with E-state index in [9.17, 15) is 9.59 Å². The molecule has 2 N–H and O–H groups in total. The third kappa shape index (κ3) is 4.07. The third-order valence-corrected chi connectivity index (χ3v) is 5.16. The van der Waals surface area contributed by atoms with Gasteiger partial charge in [0, 0.05) is 49.5 Å². The minimum Gasteiger partial charge on any atom is -0.322 e. The van der Waals surface area contributed by atoms with Gasteiger partial charge in [0.1, 0.15) is 0 Å². The number of pyridine rings is 1. The summed E-state index contributed by atoms with van der Waals surface area (Å²) in [4.78, 5) is 31.8. The average Bonchev–Trinajstić information content (AvgIpc) is 2.70. The Morgan fingerprint density at radius 2 is 1.79 bits per heavy atom. The molecule has 2 heterocycles. The Hall–Kier alpha value is -3.12. The highest BCUT2D eigenvalue weighted by Crippen LogP contribution is 2.15. The standard InChI is InChI=1S/C22H24N4O2/c1-16-7-8-20-17(13-16)14-18(21(27)24-20)15-25-9-11-26(12-10-25)22(28)23-19-5-3-2-4-6-19/h2-8,13-14H,9-12,15H2,1H3,(H,23,28)(H,24,27). The molecular weight excluding hydrogens is 352 g/mol. The number of para-hydroxylation sites is 1. The fourth-order valence-corrected chi connectivity index (χ4v) is 3.56. The van der Waals surface area contributed by atoms with Gasteiger partial charge in [0.25, 0.3) is 5.56 Å². The maximum absolute atomic E-state index is 12.4. The predicted octanol–water partition coefficient (Wildman–Crippen LogP) is 3.19. The first-order chi connectivity index (χ1) is 13.6. The van der Waals surface area contributed by atoms with Crippen LogP contribution in [0.5, 0.6) is 0 Å². The lowest BCUT2D eigenvalue weighted by molar-refractivity contribution is 0.142. The number of amides is 2. The van der Waals surface area contributed by atoms with Gasteiger partial charge in [-0.1, -0.05) is 29.8 Å². The van der Waals surface area contributed by atoms with Gasteiger partial charge in [-0.05, 0) is 42.6 Å². The van der Waals surface area contributed by atoms with Crippen molar-refractivity contribution in [3.05, 3.63) is 76.1 Å². The molecule has 0 radical (unpaired) electrons. The molecule has 0 aliphatic carbocycles. The first-order valence-electron chi connectivity index (χ1n) is 9.54. The molecule has 0 spiro atoms. The first-order valence-corrected chi connectivity index (χ1v) is 9.54. The van der Waals surface area contributed by atoms with Crippen LogP contribution in [0.1, 0.15) is 11.1 Å². The lowest BCUT2D eigenvalue weighted by Gasteiger charge is -2.34. The van der Waals surface area contributed by atoms with E-state index >= 15 is 0 Å². The molecular formula is C22H24N4O2. The molecule has 1 aromatic heterocycles. The normalized spacial score (nSPS) is 15.0. The molecule has 6 nitrogen and oxygen atoms in total. The van der Waals surface area contributed by atoms with Crippen LogP contribution in [0.3, 0.4) is 0 Å². The Labute approximate surface area is 163 Å². The number of anilines is 1. The molecule has 3 aromatic rings. The Balaban J connectivity index is 1.38. The Bertz CT molecular complexity index is 1040. The summed E-state index contributed by atoms with van der Waals surface area (Å²) in [6, 6.07) is 17.4. The summed E-state index contributed by atoms with van der Waals surface area (Å²) >= 11 is 0. The van der Waals surface area contributed by atoms with E-state index in [0.717, 1.165) is 35.2 Å². The molecule has 28 heavy (non-hydrogen) atoms. The van der Waals surface area contributed by atoms with Crippen molar-refractivity contribution in [3.63, 3.8) is 0 Å². The zero-order chi connectivity index (χ0) is 19.5. The summed E-state index contributed by atoms with van der Waals surface area (Å²) in [7, 11) is 0.